The van der Waals surface area contributed by atoms with Crippen molar-refractivity contribution < 1.29 is 13.2 Å². The quantitative estimate of drug-likeness (QED) is 0.635. The van der Waals surface area contributed by atoms with Crippen molar-refractivity contribution >= 4 is 23.0 Å². The number of rotatable bonds is 0. The van der Waals surface area contributed by atoms with Gasteiger partial charge in [0.05, 0.1) is 5.56 Å². The molecule has 0 bridgehead atoms. The van der Waals surface area contributed by atoms with Gasteiger partial charge in [0, 0.05) is 18.6 Å². The molecule has 0 aliphatic rings. The van der Waals surface area contributed by atoms with Crippen LogP contribution in [-0.2, 0) is 13.2 Å². The van der Waals surface area contributed by atoms with E-state index in [1.165, 1.54) is 6.07 Å². The molecule has 1 heterocycles. The maximum atomic E-state index is 12.5. The summed E-state index contributed by atoms with van der Waals surface area (Å²) in [6, 6.07) is 5.34. The molecule has 1 aromatic carbocycles. The van der Waals surface area contributed by atoms with Crippen LogP contribution in [0.15, 0.2) is 30.5 Å². The highest BCUT2D eigenvalue weighted by Gasteiger charge is 2.30. The normalized spacial score (nSPS) is 12.0. The molecule has 1 nitrogen and oxygen atoms in total. The lowest BCUT2D eigenvalue weighted by Crippen LogP contribution is -2.04. The van der Waals surface area contributed by atoms with Crippen LogP contribution in [0.2, 0.25) is 0 Å². The van der Waals surface area contributed by atoms with Gasteiger partial charge in [-0.05, 0) is 23.6 Å². The van der Waals surface area contributed by atoms with Crippen molar-refractivity contribution in [2.24, 2.45) is 7.05 Å². The molecule has 16 heavy (non-hydrogen) atoms. The zero-order valence-electron chi connectivity index (χ0n) is 8.38. The van der Waals surface area contributed by atoms with Crippen molar-refractivity contribution in [3.05, 3.63) is 40.7 Å². The number of pyridine rings is 1. The fraction of sp³-hybridized carbons (Fsp3) is 0.182. The minimum Gasteiger partial charge on any atom is -0.342 e. The van der Waals surface area contributed by atoms with Crippen LogP contribution in [0.5, 0.6) is 0 Å². The molecule has 0 amide bonds. The predicted molar refractivity (Wildman–Crippen MR) is 58.8 cm³/mol. The maximum Gasteiger partial charge on any atom is 0.416 e. The van der Waals surface area contributed by atoms with Crippen molar-refractivity contribution in [2.75, 3.05) is 0 Å². The molecular weight excluding hydrogens is 235 g/mol. The van der Waals surface area contributed by atoms with E-state index in [0.29, 0.717) is 10.0 Å². The molecule has 0 aliphatic carbocycles. The zero-order valence-corrected chi connectivity index (χ0v) is 9.19. The van der Waals surface area contributed by atoms with E-state index in [2.05, 4.69) is 0 Å². The molecule has 0 saturated carbocycles. The molecule has 0 radical (unpaired) electrons. The summed E-state index contributed by atoms with van der Waals surface area (Å²) < 4.78 is 39.6. The molecule has 1 aromatic heterocycles. The first-order valence-electron chi connectivity index (χ1n) is 4.56. The monoisotopic (exact) mass is 243 g/mol. The number of aryl methyl sites for hydroxylation is 1. The molecule has 0 spiro atoms. The van der Waals surface area contributed by atoms with Crippen LogP contribution in [0.4, 0.5) is 13.2 Å². The topological polar surface area (TPSA) is 4.93 Å². The molecule has 0 N–H and O–H groups in total. The molecule has 0 aliphatic heterocycles. The second kappa shape index (κ2) is 3.59. The Kier molecular flexibility index (Phi) is 2.50. The minimum absolute atomic E-state index is 0.406. The Bertz CT molecular complexity index is 598. The van der Waals surface area contributed by atoms with Gasteiger partial charge in [0.15, 0.2) is 0 Å². The van der Waals surface area contributed by atoms with E-state index >= 15 is 0 Å². The second-order valence-electron chi connectivity index (χ2n) is 3.53. The third-order valence-electron chi connectivity index (χ3n) is 2.41. The highest BCUT2D eigenvalue weighted by atomic mass is 32.1. The third kappa shape index (κ3) is 1.82. The lowest BCUT2D eigenvalue weighted by molar-refractivity contribution is -0.137. The van der Waals surface area contributed by atoms with Gasteiger partial charge >= 0.3 is 6.18 Å². The van der Waals surface area contributed by atoms with Crippen LogP contribution in [0.3, 0.4) is 0 Å². The lowest BCUT2D eigenvalue weighted by Gasteiger charge is -2.08. The molecule has 0 atom stereocenters. The van der Waals surface area contributed by atoms with Gasteiger partial charge in [-0.1, -0.05) is 18.3 Å². The first-order valence-corrected chi connectivity index (χ1v) is 4.97. The second-order valence-corrected chi connectivity index (χ2v) is 3.92. The number of benzene rings is 1. The maximum absolute atomic E-state index is 12.5. The molecule has 0 saturated heterocycles. The summed E-state index contributed by atoms with van der Waals surface area (Å²) in [7, 11) is 1.71. The van der Waals surface area contributed by atoms with Crippen LogP contribution in [-0.4, -0.2) is 4.57 Å². The van der Waals surface area contributed by atoms with E-state index in [9.17, 15) is 13.2 Å². The van der Waals surface area contributed by atoms with E-state index < -0.39 is 11.7 Å². The molecule has 84 valence electrons. The minimum atomic E-state index is -4.33. The molecule has 2 aromatic rings. The van der Waals surface area contributed by atoms with Crippen LogP contribution >= 0.6 is 12.2 Å². The van der Waals surface area contributed by atoms with Gasteiger partial charge in [-0.15, -0.1) is 0 Å². The summed E-state index contributed by atoms with van der Waals surface area (Å²) in [6.07, 6.45) is -2.59. The summed E-state index contributed by atoms with van der Waals surface area (Å²) >= 11 is 5.07. The van der Waals surface area contributed by atoms with E-state index in [0.717, 1.165) is 17.5 Å². The van der Waals surface area contributed by atoms with Crippen molar-refractivity contribution in [3.63, 3.8) is 0 Å². The zero-order chi connectivity index (χ0) is 11.9. The fourth-order valence-electron chi connectivity index (χ4n) is 1.51. The average Bonchev–Trinajstić information content (AvgIpc) is 2.22. The Morgan fingerprint density at radius 3 is 2.50 bits per heavy atom. The van der Waals surface area contributed by atoms with Crippen LogP contribution in [0.25, 0.3) is 10.8 Å². The average molecular weight is 243 g/mol. The van der Waals surface area contributed by atoms with E-state index in [-0.39, 0.29) is 0 Å². The number of nitrogens with zero attached hydrogens (tertiary/aromatic N) is 1. The van der Waals surface area contributed by atoms with Crippen LogP contribution in [0.1, 0.15) is 5.56 Å². The Morgan fingerprint density at radius 1 is 1.19 bits per heavy atom. The van der Waals surface area contributed by atoms with E-state index in [4.69, 9.17) is 12.2 Å². The summed E-state index contributed by atoms with van der Waals surface area (Å²) in [5.74, 6) is 0. The van der Waals surface area contributed by atoms with Crippen molar-refractivity contribution in [2.45, 2.75) is 6.18 Å². The predicted octanol–water partition coefficient (Wildman–Crippen LogP) is 3.93. The summed E-state index contributed by atoms with van der Waals surface area (Å²) in [4.78, 5) is 0. The fourth-order valence-corrected chi connectivity index (χ4v) is 1.75. The molecule has 0 fully saturated rings. The smallest absolute Gasteiger partial charge is 0.342 e. The number of hydrogen-bond donors (Lipinski definition) is 0. The van der Waals surface area contributed by atoms with Crippen molar-refractivity contribution in [1.29, 1.82) is 0 Å². The Balaban J connectivity index is 2.79. The van der Waals surface area contributed by atoms with Gasteiger partial charge in [0.25, 0.3) is 0 Å². The molecule has 5 heteroatoms. The number of aromatic nitrogens is 1. The highest BCUT2D eigenvalue weighted by Crippen LogP contribution is 2.31. The van der Waals surface area contributed by atoms with Crippen molar-refractivity contribution in [1.82, 2.24) is 4.57 Å². The number of fused-ring (bicyclic) bond motifs is 1. The van der Waals surface area contributed by atoms with Gasteiger partial charge in [-0.3, -0.25) is 0 Å². The molecule has 2 rings (SSSR count). The summed E-state index contributed by atoms with van der Waals surface area (Å²) in [5, 5.41) is 1.17. The molecule has 0 unspecified atom stereocenters. The largest absolute Gasteiger partial charge is 0.416 e. The Morgan fingerprint density at radius 2 is 1.88 bits per heavy atom. The summed E-state index contributed by atoms with van der Waals surface area (Å²) in [6.45, 7) is 0. The highest BCUT2D eigenvalue weighted by molar-refractivity contribution is 7.71. The SMILES string of the molecule is Cn1ccc2ccc(C(F)(F)F)cc2c1=S. The van der Waals surface area contributed by atoms with Crippen LogP contribution in [0, 0.1) is 4.64 Å². The first-order chi connectivity index (χ1) is 7.39. The standard InChI is InChI=1S/C11H8F3NS/c1-15-5-4-7-2-3-8(11(12,13)14)6-9(7)10(15)16/h2-6H,1H3. The summed E-state index contributed by atoms with van der Waals surface area (Å²) in [5.41, 5.74) is -0.669. The Labute approximate surface area is 95.1 Å². The molecular formula is C11H8F3NS. The lowest BCUT2D eigenvalue weighted by atomic mass is 10.1. The number of hydrogen-bond acceptors (Lipinski definition) is 1. The number of alkyl halides is 3. The van der Waals surface area contributed by atoms with Gasteiger partial charge in [-0.2, -0.15) is 13.2 Å². The number of halogens is 3. The van der Waals surface area contributed by atoms with Crippen molar-refractivity contribution in [3.8, 4) is 0 Å². The van der Waals surface area contributed by atoms with Gasteiger partial charge in [0.2, 0.25) is 0 Å². The van der Waals surface area contributed by atoms with E-state index in [1.807, 2.05) is 0 Å². The van der Waals surface area contributed by atoms with Gasteiger partial charge < -0.3 is 4.57 Å². The first kappa shape index (κ1) is 11.1. The van der Waals surface area contributed by atoms with Gasteiger partial charge in [0.1, 0.15) is 4.64 Å². The van der Waals surface area contributed by atoms with Crippen LogP contribution < -0.4 is 0 Å². The van der Waals surface area contributed by atoms with Gasteiger partial charge in [-0.25, -0.2) is 0 Å². The third-order valence-corrected chi connectivity index (χ3v) is 2.92. The Hall–Kier alpha value is -1.36. The van der Waals surface area contributed by atoms with E-state index in [1.54, 1.807) is 23.9 Å².